The highest BCUT2D eigenvalue weighted by Gasteiger charge is 2.13. The molecule has 0 unspecified atom stereocenters. The van der Waals surface area contributed by atoms with Crippen LogP contribution in [0.5, 0.6) is 17.2 Å². The van der Waals surface area contributed by atoms with E-state index in [2.05, 4.69) is 5.32 Å². The molecular formula is C18H20ClNO4. The average Bonchev–Trinajstić information content (AvgIpc) is 2.60. The summed E-state index contributed by atoms with van der Waals surface area (Å²) in [5.41, 5.74) is 2.21. The molecule has 0 saturated carbocycles. The Labute approximate surface area is 146 Å². The quantitative estimate of drug-likeness (QED) is 0.865. The lowest BCUT2D eigenvalue weighted by Crippen LogP contribution is -2.23. The van der Waals surface area contributed by atoms with Gasteiger partial charge < -0.3 is 19.5 Å². The lowest BCUT2D eigenvalue weighted by Gasteiger charge is -2.12. The molecule has 2 aromatic carbocycles. The zero-order valence-electron chi connectivity index (χ0n) is 14.1. The van der Waals surface area contributed by atoms with Crippen molar-refractivity contribution in [2.45, 2.75) is 13.5 Å². The van der Waals surface area contributed by atoms with Crippen LogP contribution in [-0.2, 0) is 6.54 Å². The van der Waals surface area contributed by atoms with Crippen molar-refractivity contribution in [3.8, 4) is 17.2 Å². The van der Waals surface area contributed by atoms with Crippen molar-refractivity contribution in [1.82, 2.24) is 5.32 Å². The predicted molar refractivity (Wildman–Crippen MR) is 93.5 cm³/mol. The van der Waals surface area contributed by atoms with Gasteiger partial charge >= 0.3 is 0 Å². The third kappa shape index (κ3) is 3.92. The summed E-state index contributed by atoms with van der Waals surface area (Å²) < 4.78 is 15.6. The maximum Gasteiger partial charge on any atom is 0.251 e. The molecular weight excluding hydrogens is 330 g/mol. The number of aryl methyl sites for hydroxylation is 1. The van der Waals surface area contributed by atoms with Crippen molar-refractivity contribution in [1.29, 1.82) is 0 Å². The van der Waals surface area contributed by atoms with E-state index in [4.69, 9.17) is 25.8 Å². The van der Waals surface area contributed by atoms with Gasteiger partial charge in [0.2, 0.25) is 0 Å². The first-order chi connectivity index (χ1) is 11.5. The number of nitrogens with one attached hydrogen (secondary N) is 1. The lowest BCUT2D eigenvalue weighted by atomic mass is 10.1. The second-order valence-corrected chi connectivity index (χ2v) is 5.58. The van der Waals surface area contributed by atoms with Crippen LogP contribution in [0, 0.1) is 6.92 Å². The van der Waals surface area contributed by atoms with Crippen LogP contribution >= 0.6 is 11.6 Å². The number of carbonyl (C=O) groups excluding carboxylic acids is 1. The maximum atomic E-state index is 12.4. The minimum atomic E-state index is -0.202. The molecule has 0 aliphatic rings. The number of ether oxygens (including phenoxy) is 3. The fourth-order valence-corrected chi connectivity index (χ4v) is 2.57. The molecule has 0 bridgehead atoms. The number of hydrogen-bond donors (Lipinski definition) is 1. The SMILES string of the molecule is COc1cc(C)c(C(=O)NCc2ccc(OC)c(OC)c2)cc1Cl. The van der Waals surface area contributed by atoms with Crippen molar-refractivity contribution in [3.63, 3.8) is 0 Å². The van der Waals surface area contributed by atoms with Gasteiger partial charge in [0.05, 0.1) is 26.4 Å². The van der Waals surface area contributed by atoms with Gasteiger partial charge in [0.1, 0.15) is 5.75 Å². The number of rotatable bonds is 6. The second kappa shape index (κ2) is 7.93. The van der Waals surface area contributed by atoms with Gasteiger partial charge in [0.25, 0.3) is 5.91 Å². The van der Waals surface area contributed by atoms with Crippen LogP contribution in [0.3, 0.4) is 0 Å². The maximum absolute atomic E-state index is 12.4. The van der Waals surface area contributed by atoms with Gasteiger partial charge in [-0.25, -0.2) is 0 Å². The monoisotopic (exact) mass is 349 g/mol. The van der Waals surface area contributed by atoms with Crippen molar-refractivity contribution in [3.05, 3.63) is 52.0 Å². The number of carbonyl (C=O) groups is 1. The van der Waals surface area contributed by atoms with Crippen LogP contribution < -0.4 is 19.5 Å². The van der Waals surface area contributed by atoms with E-state index in [0.29, 0.717) is 34.4 Å². The molecule has 0 aliphatic carbocycles. The van der Waals surface area contributed by atoms with E-state index < -0.39 is 0 Å². The molecule has 1 N–H and O–H groups in total. The highest BCUT2D eigenvalue weighted by atomic mass is 35.5. The molecule has 0 spiro atoms. The minimum absolute atomic E-state index is 0.202. The van der Waals surface area contributed by atoms with E-state index in [1.165, 1.54) is 7.11 Å². The van der Waals surface area contributed by atoms with E-state index in [1.54, 1.807) is 32.4 Å². The molecule has 0 heterocycles. The third-order valence-corrected chi connectivity index (χ3v) is 3.94. The molecule has 2 rings (SSSR count). The topological polar surface area (TPSA) is 56.8 Å². The number of halogens is 1. The molecule has 0 radical (unpaired) electrons. The summed E-state index contributed by atoms with van der Waals surface area (Å²) in [5, 5.41) is 3.28. The summed E-state index contributed by atoms with van der Waals surface area (Å²) in [6, 6.07) is 8.85. The van der Waals surface area contributed by atoms with Gasteiger partial charge in [-0.15, -0.1) is 0 Å². The molecule has 0 aliphatic heterocycles. The van der Waals surface area contributed by atoms with E-state index in [0.717, 1.165) is 11.1 Å². The molecule has 2 aromatic rings. The fraction of sp³-hybridized carbons (Fsp3) is 0.278. The fourth-order valence-electron chi connectivity index (χ4n) is 2.32. The Morgan fingerprint density at radius 3 is 2.29 bits per heavy atom. The highest BCUT2D eigenvalue weighted by molar-refractivity contribution is 6.32. The standard InChI is InChI=1S/C18H20ClNO4/c1-11-7-16(23-3)14(19)9-13(11)18(21)20-10-12-5-6-15(22-2)17(8-12)24-4/h5-9H,10H2,1-4H3,(H,20,21). The first-order valence-electron chi connectivity index (χ1n) is 7.33. The predicted octanol–water partition coefficient (Wildman–Crippen LogP) is 3.60. The first-order valence-corrected chi connectivity index (χ1v) is 7.71. The van der Waals surface area contributed by atoms with Crippen LogP contribution in [0.2, 0.25) is 5.02 Å². The van der Waals surface area contributed by atoms with Gasteiger partial charge in [-0.05, 0) is 42.3 Å². The van der Waals surface area contributed by atoms with Crippen molar-refractivity contribution in [2.75, 3.05) is 21.3 Å². The normalized spacial score (nSPS) is 10.2. The average molecular weight is 350 g/mol. The van der Waals surface area contributed by atoms with Crippen molar-refractivity contribution >= 4 is 17.5 Å². The number of amides is 1. The molecule has 0 saturated heterocycles. The summed E-state index contributed by atoms with van der Waals surface area (Å²) in [7, 11) is 4.69. The Hall–Kier alpha value is -2.40. The number of methoxy groups -OCH3 is 3. The van der Waals surface area contributed by atoms with Crippen LogP contribution in [-0.4, -0.2) is 27.2 Å². The molecule has 5 nitrogen and oxygen atoms in total. The van der Waals surface area contributed by atoms with E-state index >= 15 is 0 Å². The molecule has 6 heteroatoms. The molecule has 0 atom stereocenters. The Kier molecular flexibility index (Phi) is 5.93. The smallest absolute Gasteiger partial charge is 0.251 e. The zero-order valence-corrected chi connectivity index (χ0v) is 14.9. The van der Waals surface area contributed by atoms with E-state index in [-0.39, 0.29) is 5.91 Å². The van der Waals surface area contributed by atoms with Gasteiger partial charge in [-0.2, -0.15) is 0 Å². The first kappa shape index (κ1) is 17.9. The van der Waals surface area contributed by atoms with E-state index in [1.807, 2.05) is 19.1 Å². The largest absolute Gasteiger partial charge is 0.495 e. The Balaban J connectivity index is 2.12. The Morgan fingerprint density at radius 1 is 1.00 bits per heavy atom. The van der Waals surface area contributed by atoms with Crippen LogP contribution in [0.15, 0.2) is 30.3 Å². The number of hydrogen-bond acceptors (Lipinski definition) is 4. The third-order valence-electron chi connectivity index (χ3n) is 3.64. The molecule has 128 valence electrons. The summed E-state index contributed by atoms with van der Waals surface area (Å²) in [6.07, 6.45) is 0. The Morgan fingerprint density at radius 2 is 1.67 bits per heavy atom. The molecule has 1 amide bonds. The minimum Gasteiger partial charge on any atom is -0.495 e. The second-order valence-electron chi connectivity index (χ2n) is 5.17. The summed E-state index contributed by atoms with van der Waals surface area (Å²) in [6.45, 7) is 2.20. The van der Waals surface area contributed by atoms with Gasteiger partial charge in [0, 0.05) is 12.1 Å². The summed E-state index contributed by atoms with van der Waals surface area (Å²) >= 11 is 6.10. The van der Waals surface area contributed by atoms with Crippen LogP contribution in [0.4, 0.5) is 0 Å². The van der Waals surface area contributed by atoms with Gasteiger partial charge in [0.15, 0.2) is 11.5 Å². The lowest BCUT2D eigenvalue weighted by molar-refractivity contribution is 0.0950. The highest BCUT2D eigenvalue weighted by Crippen LogP contribution is 2.29. The zero-order chi connectivity index (χ0) is 17.7. The van der Waals surface area contributed by atoms with E-state index in [9.17, 15) is 4.79 Å². The molecule has 0 aromatic heterocycles. The van der Waals surface area contributed by atoms with Crippen LogP contribution in [0.25, 0.3) is 0 Å². The summed E-state index contributed by atoms with van der Waals surface area (Å²) in [4.78, 5) is 12.4. The number of benzene rings is 2. The van der Waals surface area contributed by atoms with Crippen LogP contribution in [0.1, 0.15) is 21.5 Å². The van der Waals surface area contributed by atoms with Gasteiger partial charge in [-0.3, -0.25) is 4.79 Å². The molecule has 24 heavy (non-hydrogen) atoms. The molecule has 0 fully saturated rings. The van der Waals surface area contributed by atoms with Gasteiger partial charge in [-0.1, -0.05) is 17.7 Å². The summed E-state index contributed by atoms with van der Waals surface area (Å²) in [5.74, 6) is 1.61. The van der Waals surface area contributed by atoms with Crippen molar-refractivity contribution in [2.24, 2.45) is 0 Å². The van der Waals surface area contributed by atoms with Crippen molar-refractivity contribution < 1.29 is 19.0 Å². The Bertz CT molecular complexity index is 746.